The number of sulfonamides is 2. The number of anilines is 1. The zero-order valence-corrected chi connectivity index (χ0v) is 15.1. The molecule has 0 unspecified atom stereocenters. The van der Waals surface area contributed by atoms with Gasteiger partial charge in [0.1, 0.15) is 0 Å². The highest BCUT2D eigenvalue weighted by Gasteiger charge is 2.22. The van der Waals surface area contributed by atoms with Gasteiger partial charge in [-0.25, -0.2) is 21.1 Å². The van der Waals surface area contributed by atoms with Crippen LogP contribution in [0, 0.1) is 0 Å². The fraction of sp³-hybridized carbons (Fsp3) is 0.133. The summed E-state index contributed by atoms with van der Waals surface area (Å²) < 4.78 is 52.7. The summed E-state index contributed by atoms with van der Waals surface area (Å²) >= 11 is 0. The van der Waals surface area contributed by atoms with Crippen molar-refractivity contribution in [2.45, 2.75) is 9.79 Å². The molecule has 0 fully saturated rings. The van der Waals surface area contributed by atoms with E-state index in [4.69, 9.17) is 5.73 Å². The Hall–Kier alpha value is -2.43. The van der Waals surface area contributed by atoms with Gasteiger partial charge in [0.25, 0.3) is 15.9 Å². The molecular formula is C15H17N3O5S2. The van der Waals surface area contributed by atoms with Crippen LogP contribution in [0.5, 0.6) is 0 Å². The number of hydrogen-bond donors (Lipinski definition) is 2. The van der Waals surface area contributed by atoms with Crippen LogP contribution in [0.3, 0.4) is 0 Å². The number of rotatable bonds is 6. The molecule has 0 bridgehead atoms. The van der Waals surface area contributed by atoms with E-state index in [1.54, 1.807) is 6.07 Å². The molecule has 0 atom stereocenters. The van der Waals surface area contributed by atoms with Gasteiger partial charge in [0.2, 0.25) is 10.0 Å². The molecule has 0 radical (unpaired) electrons. The van der Waals surface area contributed by atoms with Crippen molar-refractivity contribution in [1.82, 2.24) is 4.31 Å². The summed E-state index contributed by atoms with van der Waals surface area (Å²) in [5.74, 6) is -0.790. The molecule has 0 spiro atoms. The number of nitrogens with zero attached hydrogens (tertiary/aromatic N) is 1. The summed E-state index contributed by atoms with van der Waals surface area (Å²) in [6, 6.07) is 10.8. The number of nitrogens with one attached hydrogen (secondary N) is 1. The van der Waals surface area contributed by atoms with Crippen molar-refractivity contribution in [3.8, 4) is 0 Å². The molecule has 2 aromatic rings. The Balaban J connectivity index is 2.47. The maximum atomic E-state index is 12.6. The Kier molecular flexibility index (Phi) is 5.16. The highest BCUT2D eigenvalue weighted by atomic mass is 32.2. The molecule has 134 valence electrons. The second-order valence-electron chi connectivity index (χ2n) is 5.28. The van der Waals surface area contributed by atoms with Crippen LogP contribution in [-0.4, -0.2) is 41.1 Å². The molecule has 3 N–H and O–H groups in total. The van der Waals surface area contributed by atoms with Crippen LogP contribution in [0.1, 0.15) is 10.4 Å². The van der Waals surface area contributed by atoms with E-state index in [9.17, 15) is 21.6 Å². The SMILES string of the molecule is CN(C)S(=O)(=O)c1cccc(S(=O)(=O)Nc2ccccc2C(N)=O)c1. The summed E-state index contributed by atoms with van der Waals surface area (Å²) in [5, 5.41) is 0. The molecule has 0 heterocycles. The van der Waals surface area contributed by atoms with Crippen molar-refractivity contribution in [1.29, 1.82) is 0 Å². The minimum Gasteiger partial charge on any atom is -0.366 e. The molecule has 0 saturated heterocycles. The number of carbonyl (C=O) groups excluding carboxylic acids is 1. The van der Waals surface area contributed by atoms with E-state index >= 15 is 0 Å². The molecule has 0 aliphatic heterocycles. The number of nitrogens with two attached hydrogens (primary N) is 1. The minimum atomic E-state index is -4.12. The first-order valence-electron chi connectivity index (χ1n) is 7.00. The zero-order chi connectivity index (χ0) is 18.8. The molecule has 0 aliphatic rings. The van der Waals surface area contributed by atoms with Crippen molar-refractivity contribution in [3.05, 3.63) is 54.1 Å². The fourth-order valence-electron chi connectivity index (χ4n) is 2.00. The number of carbonyl (C=O) groups is 1. The first kappa shape index (κ1) is 18.9. The van der Waals surface area contributed by atoms with Gasteiger partial charge in [-0.1, -0.05) is 18.2 Å². The molecule has 8 nitrogen and oxygen atoms in total. The van der Waals surface area contributed by atoms with Gasteiger partial charge in [0, 0.05) is 14.1 Å². The van der Waals surface area contributed by atoms with Gasteiger partial charge < -0.3 is 5.73 Å². The lowest BCUT2D eigenvalue weighted by Gasteiger charge is -2.14. The van der Waals surface area contributed by atoms with Crippen LogP contribution in [0.4, 0.5) is 5.69 Å². The van der Waals surface area contributed by atoms with Crippen molar-refractivity contribution in [2.75, 3.05) is 18.8 Å². The van der Waals surface area contributed by atoms with Crippen LogP contribution in [-0.2, 0) is 20.0 Å². The lowest BCUT2D eigenvalue weighted by molar-refractivity contribution is 0.100. The average molecular weight is 383 g/mol. The average Bonchev–Trinajstić information content (AvgIpc) is 2.54. The number of primary amides is 1. The van der Waals surface area contributed by atoms with Gasteiger partial charge in [-0.3, -0.25) is 9.52 Å². The Morgan fingerprint density at radius 3 is 2.16 bits per heavy atom. The lowest BCUT2D eigenvalue weighted by atomic mass is 10.2. The summed E-state index contributed by atoms with van der Waals surface area (Å²) in [4.78, 5) is 11.0. The molecule has 0 aliphatic carbocycles. The maximum Gasteiger partial charge on any atom is 0.261 e. The summed E-state index contributed by atoms with van der Waals surface area (Å²) in [5.41, 5.74) is 5.24. The number of amides is 1. The first-order chi connectivity index (χ1) is 11.6. The molecule has 2 rings (SSSR count). The highest BCUT2D eigenvalue weighted by molar-refractivity contribution is 7.93. The largest absolute Gasteiger partial charge is 0.366 e. The summed E-state index contributed by atoms with van der Waals surface area (Å²) in [6.07, 6.45) is 0. The van der Waals surface area contributed by atoms with Crippen molar-refractivity contribution in [2.24, 2.45) is 5.73 Å². The van der Waals surface area contributed by atoms with Gasteiger partial charge in [-0.05, 0) is 30.3 Å². The van der Waals surface area contributed by atoms with Crippen LogP contribution >= 0.6 is 0 Å². The standard InChI is InChI=1S/C15H17N3O5S2/c1-18(2)25(22,23)12-7-5-6-11(10-12)24(20,21)17-14-9-4-3-8-13(14)15(16)19/h3-10,17H,1-2H3,(H2,16,19). The van der Waals surface area contributed by atoms with E-state index in [0.29, 0.717) is 0 Å². The zero-order valence-electron chi connectivity index (χ0n) is 13.5. The second kappa shape index (κ2) is 6.82. The third-order valence-electron chi connectivity index (χ3n) is 3.33. The minimum absolute atomic E-state index is 0.00291. The molecule has 10 heteroatoms. The van der Waals surface area contributed by atoms with E-state index in [-0.39, 0.29) is 21.0 Å². The van der Waals surface area contributed by atoms with Gasteiger partial charge in [0.05, 0.1) is 21.0 Å². The van der Waals surface area contributed by atoms with Gasteiger partial charge in [0.15, 0.2) is 0 Å². The van der Waals surface area contributed by atoms with E-state index in [1.165, 1.54) is 50.5 Å². The lowest BCUT2D eigenvalue weighted by Crippen LogP contribution is -2.23. The number of benzene rings is 2. The van der Waals surface area contributed by atoms with Crippen molar-refractivity contribution >= 4 is 31.6 Å². The monoisotopic (exact) mass is 383 g/mol. The molecule has 2 aromatic carbocycles. The summed E-state index contributed by atoms with van der Waals surface area (Å²) in [6.45, 7) is 0. The maximum absolute atomic E-state index is 12.6. The van der Waals surface area contributed by atoms with Gasteiger partial charge >= 0.3 is 0 Å². The first-order valence-corrected chi connectivity index (χ1v) is 9.92. The third-order valence-corrected chi connectivity index (χ3v) is 6.51. The highest BCUT2D eigenvalue weighted by Crippen LogP contribution is 2.22. The molecule has 1 amide bonds. The van der Waals surface area contributed by atoms with E-state index in [1.807, 2.05) is 0 Å². The quantitative estimate of drug-likeness (QED) is 0.764. The smallest absolute Gasteiger partial charge is 0.261 e. The van der Waals surface area contributed by atoms with Crippen molar-refractivity contribution < 1.29 is 21.6 Å². The Labute approximate surface area is 146 Å². The van der Waals surface area contributed by atoms with Gasteiger partial charge in [-0.15, -0.1) is 0 Å². The normalized spacial score (nSPS) is 12.1. The third kappa shape index (κ3) is 3.98. The Morgan fingerprint density at radius 2 is 1.56 bits per heavy atom. The second-order valence-corrected chi connectivity index (χ2v) is 9.11. The molecular weight excluding hydrogens is 366 g/mol. The van der Waals surface area contributed by atoms with Crippen LogP contribution in [0.25, 0.3) is 0 Å². The predicted octanol–water partition coefficient (Wildman–Crippen LogP) is 0.837. The Morgan fingerprint density at radius 1 is 0.960 bits per heavy atom. The van der Waals surface area contributed by atoms with E-state index < -0.39 is 26.0 Å². The van der Waals surface area contributed by atoms with E-state index in [0.717, 1.165) is 10.4 Å². The van der Waals surface area contributed by atoms with Gasteiger partial charge in [-0.2, -0.15) is 0 Å². The van der Waals surface area contributed by atoms with Crippen LogP contribution in [0.15, 0.2) is 58.3 Å². The number of hydrogen-bond acceptors (Lipinski definition) is 5. The van der Waals surface area contributed by atoms with Crippen LogP contribution in [0.2, 0.25) is 0 Å². The molecule has 0 aromatic heterocycles. The number of para-hydroxylation sites is 1. The Bertz CT molecular complexity index is 1010. The van der Waals surface area contributed by atoms with Crippen LogP contribution < -0.4 is 10.5 Å². The molecule has 25 heavy (non-hydrogen) atoms. The van der Waals surface area contributed by atoms with E-state index in [2.05, 4.69) is 4.72 Å². The predicted molar refractivity (Wildman–Crippen MR) is 93.1 cm³/mol. The fourth-order valence-corrected chi connectivity index (χ4v) is 4.15. The van der Waals surface area contributed by atoms with Crippen molar-refractivity contribution in [3.63, 3.8) is 0 Å². The topological polar surface area (TPSA) is 127 Å². The molecule has 0 saturated carbocycles. The summed E-state index contributed by atoms with van der Waals surface area (Å²) in [7, 11) is -5.22.